The fourth-order valence-electron chi connectivity index (χ4n) is 3.80. The van der Waals surface area contributed by atoms with Crippen molar-refractivity contribution in [3.05, 3.63) is 41.5 Å². The minimum absolute atomic E-state index is 0.482. The van der Waals surface area contributed by atoms with E-state index in [0.717, 1.165) is 63.8 Å². The van der Waals surface area contributed by atoms with Crippen LogP contribution >= 0.6 is 11.8 Å². The van der Waals surface area contributed by atoms with Crippen LogP contribution in [0.25, 0.3) is 0 Å². The molecule has 2 aliphatic rings. The number of benzene rings is 1. The van der Waals surface area contributed by atoms with Gasteiger partial charge in [0.15, 0.2) is 0 Å². The molecule has 1 saturated heterocycles. The van der Waals surface area contributed by atoms with Gasteiger partial charge in [-0.3, -0.25) is 4.90 Å². The number of likely N-dealkylation sites (tertiary alicyclic amines) is 1. The van der Waals surface area contributed by atoms with Crippen LogP contribution in [0.5, 0.6) is 0 Å². The number of nitrogens with zero attached hydrogens (tertiary/aromatic N) is 4. The predicted molar refractivity (Wildman–Crippen MR) is 97.3 cm³/mol. The third-order valence-electron chi connectivity index (χ3n) is 5.16. The van der Waals surface area contributed by atoms with Gasteiger partial charge >= 0.3 is 0 Å². The Balaban J connectivity index is 1.32. The van der Waals surface area contributed by atoms with Crippen molar-refractivity contribution in [2.24, 2.45) is 0 Å². The van der Waals surface area contributed by atoms with Crippen LogP contribution in [-0.2, 0) is 19.6 Å². The topological polar surface area (TPSA) is 46.0 Å². The maximum Gasteiger partial charge on any atom is 0.288 e. The van der Waals surface area contributed by atoms with E-state index in [4.69, 9.17) is 0 Å². The molecular weight excluding hydrogens is 356 g/mol. The lowest BCUT2D eigenvalue weighted by Crippen LogP contribution is -2.34. The second-order valence-electron chi connectivity index (χ2n) is 6.88. The zero-order chi connectivity index (χ0) is 17.9. The quantitative estimate of drug-likeness (QED) is 0.809. The van der Waals surface area contributed by atoms with Gasteiger partial charge in [0.25, 0.3) is 5.76 Å². The van der Waals surface area contributed by atoms with Gasteiger partial charge in [0.2, 0.25) is 0 Å². The Morgan fingerprint density at radius 1 is 1.12 bits per heavy atom. The smallest absolute Gasteiger partial charge is 0.288 e. The molecule has 0 unspecified atom stereocenters. The molecule has 0 bridgehead atoms. The number of piperidine rings is 1. The summed E-state index contributed by atoms with van der Waals surface area (Å²) in [6.45, 7) is 5.68. The minimum atomic E-state index is -2.36. The van der Waals surface area contributed by atoms with Gasteiger partial charge in [0, 0.05) is 30.4 Å². The SMILES string of the molecule is FC(F)Sc1ccc(CN2CCC(c3nnc4n3CCNC4)CC2)cc1. The van der Waals surface area contributed by atoms with E-state index in [2.05, 4.69) is 25.0 Å². The van der Waals surface area contributed by atoms with Gasteiger partial charge in [0.05, 0.1) is 6.54 Å². The van der Waals surface area contributed by atoms with Crippen molar-refractivity contribution >= 4 is 11.8 Å². The average molecular weight is 379 g/mol. The summed E-state index contributed by atoms with van der Waals surface area (Å²) in [6.07, 6.45) is 2.18. The van der Waals surface area contributed by atoms with E-state index in [1.54, 1.807) is 12.1 Å². The maximum absolute atomic E-state index is 12.4. The highest BCUT2D eigenvalue weighted by Crippen LogP contribution is 2.29. The number of thioether (sulfide) groups is 1. The van der Waals surface area contributed by atoms with E-state index >= 15 is 0 Å². The monoisotopic (exact) mass is 379 g/mol. The molecule has 0 spiro atoms. The average Bonchev–Trinajstić information content (AvgIpc) is 3.08. The summed E-state index contributed by atoms with van der Waals surface area (Å²) in [4.78, 5) is 3.05. The van der Waals surface area contributed by atoms with Crippen LogP contribution in [-0.4, -0.2) is 45.1 Å². The molecule has 8 heteroatoms. The van der Waals surface area contributed by atoms with E-state index in [1.165, 1.54) is 5.56 Å². The molecule has 26 heavy (non-hydrogen) atoms. The molecular formula is C18H23F2N5S. The molecule has 0 amide bonds. The highest BCUT2D eigenvalue weighted by molar-refractivity contribution is 7.99. The lowest BCUT2D eigenvalue weighted by molar-refractivity contribution is 0.199. The zero-order valence-electron chi connectivity index (χ0n) is 14.6. The lowest BCUT2D eigenvalue weighted by Gasteiger charge is -2.32. The third-order valence-corrected chi connectivity index (χ3v) is 5.88. The molecule has 140 valence electrons. The normalized spacial score (nSPS) is 19.0. The third kappa shape index (κ3) is 4.07. The van der Waals surface area contributed by atoms with Crippen LogP contribution in [0, 0.1) is 0 Å². The molecule has 3 heterocycles. The molecule has 0 saturated carbocycles. The Hall–Kier alpha value is -1.51. The van der Waals surface area contributed by atoms with Crippen LogP contribution in [0.4, 0.5) is 8.78 Å². The summed E-state index contributed by atoms with van der Waals surface area (Å²) in [5.74, 6) is 0.318. The number of aromatic nitrogens is 3. The Bertz CT molecular complexity index is 726. The number of halogens is 2. The van der Waals surface area contributed by atoms with Crippen LogP contribution in [0.3, 0.4) is 0 Å². The van der Waals surface area contributed by atoms with Crippen molar-refractivity contribution in [2.75, 3.05) is 19.6 Å². The van der Waals surface area contributed by atoms with E-state index in [-0.39, 0.29) is 0 Å². The van der Waals surface area contributed by atoms with Crippen molar-refractivity contribution in [3.8, 4) is 0 Å². The standard InChI is InChI=1S/C18H23F2N5S/c19-18(20)26-15-3-1-13(2-4-15)12-24-8-5-14(6-9-24)17-23-22-16-11-21-7-10-25(16)17/h1-4,14,18,21H,5-12H2. The largest absolute Gasteiger partial charge is 0.312 e. The molecule has 0 aliphatic carbocycles. The first kappa shape index (κ1) is 17.9. The summed E-state index contributed by atoms with van der Waals surface area (Å²) in [5, 5.41) is 12.1. The van der Waals surface area contributed by atoms with E-state index in [0.29, 0.717) is 22.6 Å². The number of nitrogens with one attached hydrogen (secondary N) is 1. The summed E-state index contributed by atoms with van der Waals surface area (Å²) in [7, 11) is 0. The second-order valence-corrected chi connectivity index (χ2v) is 7.94. The molecule has 1 fully saturated rings. The van der Waals surface area contributed by atoms with Crippen molar-refractivity contribution in [1.82, 2.24) is 25.0 Å². The van der Waals surface area contributed by atoms with E-state index in [9.17, 15) is 8.78 Å². The Morgan fingerprint density at radius 2 is 1.88 bits per heavy atom. The fraction of sp³-hybridized carbons (Fsp3) is 0.556. The van der Waals surface area contributed by atoms with Crippen molar-refractivity contribution in [2.45, 2.75) is 49.0 Å². The number of alkyl halides is 2. The van der Waals surface area contributed by atoms with Gasteiger partial charge in [-0.15, -0.1) is 10.2 Å². The van der Waals surface area contributed by atoms with Crippen LogP contribution in [0.1, 0.15) is 36.0 Å². The lowest BCUT2D eigenvalue weighted by atomic mass is 9.95. The minimum Gasteiger partial charge on any atom is -0.312 e. The van der Waals surface area contributed by atoms with Crippen LogP contribution in [0.2, 0.25) is 0 Å². The number of hydrogen-bond acceptors (Lipinski definition) is 5. The van der Waals surface area contributed by atoms with Gasteiger partial charge in [-0.05, 0) is 43.6 Å². The molecule has 5 nitrogen and oxygen atoms in total. The van der Waals surface area contributed by atoms with Crippen molar-refractivity contribution < 1.29 is 8.78 Å². The molecule has 0 radical (unpaired) electrons. The van der Waals surface area contributed by atoms with Gasteiger partial charge in [-0.2, -0.15) is 8.78 Å². The van der Waals surface area contributed by atoms with Crippen molar-refractivity contribution in [1.29, 1.82) is 0 Å². The Labute approximate surface area is 156 Å². The molecule has 2 aromatic rings. The van der Waals surface area contributed by atoms with Crippen LogP contribution in [0.15, 0.2) is 29.2 Å². The highest BCUT2D eigenvalue weighted by Gasteiger charge is 2.26. The summed E-state index contributed by atoms with van der Waals surface area (Å²) in [6, 6.07) is 7.49. The first-order valence-corrected chi connectivity index (χ1v) is 9.96. The number of fused-ring (bicyclic) bond motifs is 1. The zero-order valence-corrected chi connectivity index (χ0v) is 15.4. The van der Waals surface area contributed by atoms with Crippen LogP contribution < -0.4 is 5.32 Å². The molecule has 4 rings (SSSR count). The highest BCUT2D eigenvalue weighted by atomic mass is 32.2. The van der Waals surface area contributed by atoms with Gasteiger partial charge in [-0.1, -0.05) is 23.9 Å². The Kier molecular flexibility index (Phi) is 5.52. The second kappa shape index (κ2) is 8.02. The molecule has 1 aromatic carbocycles. The van der Waals surface area contributed by atoms with Gasteiger partial charge in [0.1, 0.15) is 11.6 Å². The fourth-order valence-corrected chi connectivity index (χ4v) is 4.30. The first-order valence-electron chi connectivity index (χ1n) is 9.08. The first-order chi connectivity index (χ1) is 12.7. The predicted octanol–water partition coefficient (Wildman–Crippen LogP) is 3.08. The van der Waals surface area contributed by atoms with Gasteiger partial charge in [-0.25, -0.2) is 0 Å². The molecule has 1 N–H and O–H groups in total. The maximum atomic E-state index is 12.4. The molecule has 1 aromatic heterocycles. The molecule has 0 atom stereocenters. The number of rotatable bonds is 5. The number of hydrogen-bond donors (Lipinski definition) is 1. The van der Waals surface area contributed by atoms with Gasteiger partial charge < -0.3 is 9.88 Å². The summed E-state index contributed by atoms with van der Waals surface area (Å²) in [5.41, 5.74) is 1.17. The Morgan fingerprint density at radius 3 is 2.62 bits per heavy atom. The molecule has 2 aliphatic heterocycles. The summed E-state index contributed by atoms with van der Waals surface area (Å²) >= 11 is 0.597. The summed E-state index contributed by atoms with van der Waals surface area (Å²) < 4.78 is 27.1. The van der Waals surface area contributed by atoms with E-state index in [1.807, 2.05) is 12.1 Å². The van der Waals surface area contributed by atoms with Crippen molar-refractivity contribution in [3.63, 3.8) is 0 Å². The van der Waals surface area contributed by atoms with E-state index < -0.39 is 5.76 Å².